The van der Waals surface area contributed by atoms with Gasteiger partial charge >= 0.3 is 0 Å². The molecule has 1 amide bonds. The van der Waals surface area contributed by atoms with Gasteiger partial charge in [-0.15, -0.1) is 0 Å². The van der Waals surface area contributed by atoms with Gasteiger partial charge in [0.15, 0.2) is 5.89 Å². The molecule has 1 atom stereocenters. The van der Waals surface area contributed by atoms with Gasteiger partial charge in [0.05, 0.1) is 6.20 Å². The van der Waals surface area contributed by atoms with E-state index < -0.39 is 10.8 Å². The number of carbonyl (C=O) groups is 1. The molecule has 1 N–H and O–H groups in total. The number of hydrogen-bond acceptors (Lipinski definition) is 4. The first-order valence-corrected chi connectivity index (χ1v) is 8.92. The molecule has 5 nitrogen and oxygen atoms in total. The van der Waals surface area contributed by atoms with E-state index in [0.29, 0.717) is 31.0 Å². The van der Waals surface area contributed by atoms with Gasteiger partial charge in [-0.05, 0) is 20.8 Å². The Morgan fingerprint density at radius 3 is 2.41 bits per heavy atom. The highest BCUT2D eigenvalue weighted by atomic mass is 32.2. The Kier molecular flexibility index (Phi) is 6.35. The summed E-state index contributed by atoms with van der Waals surface area (Å²) in [4.78, 5) is 16.0. The zero-order chi connectivity index (χ0) is 17.0. The molecule has 0 aromatic carbocycles. The van der Waals surface area contributed by atoms with Crippen molar-refractivity contribution in [3.63, 3.8) is 0 Å². The van der Waals surface area contributed by atoms with E-state index in [0.717, 1.165) is 5.76 Å². The van der Waals surface area contributed by atoms with Gasteiger partial charge in [0, 0.05) is 46.1 Å². The van der Waals surface area contributed by atoms with Crippen molar-refractivity contribution >= 4 is 16.7 Å². The zero-order valence-electron chi connectivity index (χ0n) is 14.5. The van der Waals surface area contributed by atoms with E-state index in [2.05, 4.69) is 31.1 Å². The summed E-state index contributed by atoms with van der Waals surface area (Å²) in [6.45, 7) is 12.4. The molecular formula is C16H28N2O3S. The molecule has 126 valence electrons. The third-order valence-electron chi connectivity index (χ3n) is 3.15. The Balaban J connectivity index is 2.32. The molecule has 1 heterocycles. The smallest absolute Gasteiger partial charge is 0.220 e. The largest absolute Gasteiger partial charge is 0.445 e. The van der Waals surface area contributed by atoms with Gasteiger partial charge < -0.3 is 9.73 Å². The SMILES string of the molecule is CC(C)(C)c1cnc(CCC(=O)NCCS(=O)C(C)(C)C)o1. The van der Waals surface area contributed by atoms with Gasteiger partial charge in [0.25, 0.3) is 0 Å². The molecule has 1 rings (SSSR count). The molecule has 0 saturated carbocycles. The highest BCUT2D eigenvalue weighted by Gasteiger charge is 2.20. The lowest BCUT2D eigenvalue weighted by Gasteiger charge is -2.17. The highest BCUT2D eigenvalue weighted by molar-refractivity contribution is 7.86. The van der Waals surface area contributed by atoms with E-state index in [-0.39, 0.29) is 16.1 Å². The predicted octanol–water partition coefficient (Wildman–Crippen LogP) is 2.57. The number of amides is 1. The first-order chi connectivity index (χ1) is 10.00. The number of oxazole rings is 1. The summed E-state index contributed by atoms with van der Waals surface area (Å²) in [5.74, 6) is 1.81. The first-order valence-electron chi connectivity index (χ1n) is 7.60. The second-order valence-electron chi connectivity index (χ2n) is 7.38. The van der Waals surface area contributed by atoms with Crippen molar-refractivity contribution in [2.24, 2.45) is 0 Å². The number of carbonyl (C=O) groups excluding carboxylic acids is 1. The molecule has 0 aliphatic rings. The van der Waals surface area contributed by atoms with Crippen LogP contribution in [0, 0.1) is 0 Å². The average Bonchev–Trinajstić information content (AvgIpc) is 2.83. The van der Waals surface area contributed by atoms with Crippen molar-refractivity contribution in [2.45, 2.75) is 64.5 Å². The molecule has 22 heavy (non-hydrogen) atoms. The van der Waals surface area contributed by atoms with Crippen LogP contribution in [-0.2, 0) is 27.4 Å². The van der Waals surface area contributed by atoms with Crippen molar-refractivity contribution < 1.29 is 13.4 Å². The van der Waals surface area contributed by atoms with Gasteiger partial charge in [-0.25, -0.2) is 4.98 Å². The number of rotatable bonds is 6. The van der Waals surface area contributed by atoms with Gasteiger partial charge in [0.2, 0.25) is 5.91 Å². The second-order valence-corrected chi connectivity index (χ2v) is 9.70. The van der Waals surface area contributed by atoms with E-state index in [1.54, 1.807) is 6.20 Å². The molecule has 1 aromatic rings. The summed E-state index contributed by atoms with van der Waals surface area (Å²) in [7, 11) is -0.946. The summed E-state index contributed by atoms with van der Waals surface area (Å²) in [5.41, 5.74) is -0.0788. The fourth-order valence-corrected chi connectivity index (χ4v) is 2.57. The maximum atomic E-state index is 11.9. The third-order valence-corrected chi connectivity index (χ3v) is 5.09. The summed E-state index contributed by atoms with van der Waals surface area (Å²) in [6.07, 6.45) is 2.52. The minimum absolute atomic E-state index is 0.0681. The lowest BCUT2D eigenvalue weighted by molar-refractivity contribution is -0.121. The molecule has 6 heteroatoms. The van der Waals surface area contributed by atoms with E-state index in [4.69, 9.17) is 4.42 Å². The van der Waals surface area contributed by atoms with Crippen LogP contribution in [-0.4, -0.2) is 32.1 Å². The van der Waals surface area contributed by atoms with Crippen molar-refractivity contribution in [3.8, 4) is 0 Å². The Morgan fingerprint density at radius 1 is 1.27 bits per heavy atom. The number of hydrogen-bond donors (Lipinski definition) is 1. The average molecular weight is 328 g/mol. The van der Waals surface area contributed by atoms with Crippen LogP contribution in [0.15, 0.2) is 10.6 Å². The van der Waals surface area contributed by atoms with Crippen LogP contribution < -0.4 is 5.32 Å². The van der Waals surface area contributed by atoms with Crippen molar-refractivity contribution in [1.82, 2.24) is 10.3 Å². The standard InChI is InChI=1S/C16H28N2O3S/c1-15(2,3)12-11-18-14(21-12)8-7-13(19)17-9-10-22(20)16(4,5)6/h11H,7-10H2,1-6H3,(H,17,19). The minimum atomic E-state index is -0.946. The third kappa shape index (κ3) is 6.30. The molecule has 0 radical (unpaired) electrons. The maximum absolute atomic E-state index is 11.9. The summed E-state index contributed by atoms with van der Waals surface area (Å²) < 4.78 is 17.3. The predicted molar refractivity (Wildman–Crippen MR) is 89.3 cm³/mol. The Hall–Kier alpha value is -1.17. The molecule has 0 saturated heterocycles. The Morgan fingerprint density at radius 2 is 1.91 bits per heavy atom. The maximum Gasteiger partial charge on any atom is 0.220 e. The topological polar surface area (TPSA) is 72.2 Å². The highest BCUT2D eigenvalue weighted by Crippen LogP contribution is 2.22. The molecule has 0 aliphatic carbocycles. The van der Waals surface area contributed by atoms with Crippen LogP contribution in [0.3, 0.4) is 0 Å². The van der Waals surface area contributed by atoms with Crippen LogP contribution in [0.1, 0.15) is 59.6 Å². The second kappa shape index (κ2) is 7.40. The van der Waals surface area contributed by atoms with Crippen LogP contribution in [0.2, 0.25) is 0 Å². The lowest BCUT2D eigenvalue weighted by Crippen LogP contribution is -2.32. The number of nitrogens with one attached hydrogen (secondary N) is 1. The van der Waals surface area contributed by atoms with E-state index >= 15 is 0 Å². The monoisotopic (exact) mass is 328 g/mol. The van der Waals surface area contributed by atoms with E-state index in [1.165, 1.54) is 0 Å². The van der Waals surface area contributed by atoms with Crippen LogP contribution in [0.4, 0.5) is 0 Å². The van der Waals surface area contributed by atoms with Gasteiger partial charge in [-0.3, -0.25) is 9.00 Å². The number of aromatic nitrogens is 1. The van der Waals surface area contributed by atoms with Gasteiger partial charge in [0.1, 0.15) is 5.76 Å². The van der Waals surface area contributed by atoms with E-state index in [9.17, 15) is 9.00 Å². The molecule has 0 spiro atoms. The van der Waals surface area contributed by atoms with Crippen LogP contribution in [0.5, 0.6) is 0 Å². The summed E-state index contributed by atoms with van der Waals surface area (Å²) in [6, 6.07) is 0. The summed E-state index contributed by atoms with van der Waals surface area (Å²) in [5, 5.41) is 2.79. The van der Waals surface area contributed by atoms with Crippen LogP contribution in [0.25, 0.3) is 0 Å². The van der Waals surface area contributed by atoms with Gasteiger partial charge in [-0.1, -0.05) is 20.8 Å². The fraction of sp³-hybridized carbons (Fsp3) is 0.750. The Bertz CT molecular complexity index is 524. The fourth-order valence-electron chi connectivity index (χ4n) is 1.67. The summed E-state index contributed by atoms with van der Waals surface area (Å²) >= 11 is 0. The first kappa shape index (κ1) is 18.9. The van der Waals surface area contributed by atoms with Crippen molar-refractivity contribution in [2.75, 3.05) is 12.3 Å². The zero-order valence-corrected chi connectivity index (χ0v) is 15.3. The van der Waals surface area contributed by atoms with Crippen molar-refractivity contribution in [3.05, 3.63) is 17.8 Å². The molecule has 0 aliphatic heterocycles. The molecule has 0 bridgehead atoms. The molecule has 1 unspecified atom stereocenters. The molecule has 1 aromatic heterocycles. The van der Waals surface area contributed by atoms with Crippen LogP contribution >= 0.6 is 0 Å². The molecule has 0 fully saturated rings. The normalized spacial score (nSPS) is 13.9. The number of nitrogens with zero attached hydrogens (tertiary/aromatic N) is 1. The molecular weight excluding hydrogens is 300 g/mol. The quantitative estimate of drug-likeness (QED) is 0.871. The lowest BCUT2D eigenvalue weighted by atomic mass is 9.94. The van der Waals surface area contributed by atoms with E-state index in [1.807, 2.05) is 20.8 Å². The Labute approximate surface area is 135 Å². The number of aryl methyl sites for hydroxylation is 1. The minimum Gasteiger partial charge on any atom is -0.445 e. The van der Waals surface area contributed by atoms with Gasteiger partial charge in [-0.2, -0.15) is 0 Å². The van der Waals surface area contributed by atoms with Crippen molar-refractivity contribution in [1.29, 1.82) is 0 Å².